The summed E-state index contributed by atoms with van der Waals surface area (Å²) >= 11 is 11.8. The predicted octanol–water partition coefficient (Wildman–Crippen LogP) is 1.61. The fraction of sp³-hybridized carbons (Fsp3) is 0.0588. The molecule has 0 spiro atoms. The number of para-hydroxylation sites is 1. The SMILES string of the molecule is NC1=NN(c2ccccc2)C(=O)C1C(=O)C(=O)Nc1ccc(Cl)cc1Cl.O. The molecule has 27 heavy (non-hydrogen) atoms. The van der Waals surface area contributed by atoms with Crippen LogP contribution in [0, 0.1) is 5.92 Å². The maximum atomic E-state index is 12.5. The summed E-state index contributed by atoms with van der Waals surface area (Å²) in [5, 5.41) is 7.78. The molecule has 10 heteroatoms. The molecule has 3 rings (SSSR count). The van der Waals surface area contributed by atoms with Crippen LogP contribution in [0.4, 0.5) is 11.4 Å². The molecule has 8 nitrogen and oxygen atoms in total. The van der Waals surface area contributed by atoms with Gasteiger partial charge in [0, 0.05) is 5.02 Å². The van der Waals surface area contributed by atoms with E-state index in [9.17, 15) is 14.4 Å². The van der Waals surface area contributed by atoms with Gasteiger partial charge in [-0.15, -0.1) is 0 Å². The van der Waals surface area contributed by atoms with Crippen LogP contribution in [0.3, 0.4) is 0 Å². The van der Waals surface area contributed by atoms with Gasteiger partial charge in [-0.25, -0.2) is 0 Å². The van der Waals surface area contributed by atoms with Crippen molar-refractivity contribution < 1.29 is 19.9 Å². The van der Waals surface area contributed by atoms with E-state index in [2.05, 4.69) is 10.4 Å². The van der Waals surface area contributed by atoms with Crippen molar-refractivity contribution in [2.45, 2.75) is 0 Å². The van der Waals surface area contributed by atoms with E-state index in [-0.39, 0.29) is 22.0 Å². The maximum Gasteiger partial charge on any atom is 0.293 e. The second kappa shape index (κ2) is 8.17. The number of amides is 2. The number of carbonyl (C=O) groups excluding carboxylic acids is 3. The van der Waals surface area contributed by atoms with Crippen molar-refractivity contribution in [3.63, 3.8) is 0 Å². The second-order valence-corrected chi connectivity index (χ2v) is 6.23. The lowest BCUT2D eigenvalue weighted by Crippen LogP contribution is -2.41. The van der Waals surface area contributed by atoms with Crippen molar-refractivity contribution in [2.75, 3.05) is 10.3 Å². The number of nitrogens with two attached hydrogens (primary N) is 1. The van der Waals surface area contributed by atoms with E-state index in [1.807, 2.05) is 0 Å². The Balaban J connectivity index is 0.00000261. The average molecular weight is 409 g/mol. The summed E-state index contributed by atoms with van der Waals surface area (Å²) in [6, 6.07) is 12.8. The van der Waals surface area contributed by atoms with Crippen LogP contribution in [0.2, 0.25) is 10.0 Å². The van der Waals surface area contributed by atoms with Crippen LogP contribution in [0.15, 0.2) is 53.6 Å². The number of ketones is 1. The van der Waals surface area contributed by atoms with Gasteiger partial charge in [-0.2, -0.15) is 10.1 Å². The lowest BCUT2D eigenvalue weighted by molar-refractivity contribution is -0.138. The van der Waals surface area contributed by atoms with Gasteiger partial charge in [-0.3, -0.25) is 14.4 Å². The molecule has 0 saturated heterocycles. The van der Waals surface area contributed by atoms with Crippen LogP contribution >= 0.6 is 23.2 Å². The van der Waals surface area contributed by atoms with Gasteiger partial charge in [0.15, 0.2) is 5.92 Å². The number of halogens is 2. The molecule has 0 aliphatic carbocycles. The molecule has 1 aliphatic rings. The largest absolute Gasteiger partial charge is 0.412 e. The Labute approximate surface area is 163 Å². The molecule has 1 atom stereocenters. The molecule has 0 aromatic heterocycles. The standard InChI is InChI=1S/C17H12Cl2N4O3.H2O/c18-9-6-7-12(11(19)8-9)21-16(25)14(24)13-15(20)22-23(17(13)26)10-4-2-1-3-5-10;/h1-8,13H,(H2,20,22)(H,21,25);1H2. The highest BCUT2D eigenvalue weighted by molar-refractivity contribution is 6.50. The van der Waals surface area contributed by atoms with Gasteiger partial charge in [0.05, 0.1) is 16.4 Å². The van der Waals surface area contributed by atoms with Crippen molar-refractivity contribution in [1.82, 2.24) is 0 Å². The van der Waals surface area contributed by atoms with Crippen LogP contribution in [0.25, 0.3) is 0 Å². The van der Waals surface area contributed by atoms with Crippen LogP contribution in [0.5, 0.6) is 0 Å². The summed E-state index contributed by atoms with van der Waals surface area (Å²) in [6.45, 7) is 0. The van der Waals surface area contributed by atoms with Gasteiger partial charge in [0.1, 0.15) is 5.84 Å². The molecule has 2 aromatic rings. The van der Waals surface area contributed by atoms with E-state index >= 15 is 0 Å². The van der Waals surface area contributed by atoms with Gasteiger partial charge in [-0.1, -0.05) is 41.4 Å². The number of benzene rings is 2. The van der Waals surface area contributed by atoms with Gasteiger partial charge in [0.2, 0.25) is 5.78 Å². The predicted molar refractivity (Wildman–Crippen MR) is 103 cm³/mol. The zero-order valence-electron chi connectivity index (χ0n) is 13.6. The minimum Gasteiger partial charge on any atom is -0.412 e. The first-order valence-electron chi connectivity index (χ1n) is 7.41. The van der Waals surface area contributed by atoms with E-state index in [4.69, 9.17) is 28.9 Å². The van der Waals surface area contributed by atoms with E-state index in [0.717, 1.165) is 5.01 Å². The third-order valence-electron chi connectivity index (χ3n) is 3.63. The van der Waals surface area contributed by atoms with Crippen LogP contribution in [0.1, 0.15) is 0 Å². The number of hydrogen-bond donors (Lipinski definition) is 2. The Morgan fingerprint density at radius 1 is 1.11 bits per heavy atom. The van der Waals surface area contributed by atoms with Gasteiger partial charge in [-0.05, 0) is 30.3 Å². The molecule has 0 fully saturated rings. The molecule has 2 amide bonds. The average Bonchev–Trinajstić information content (AvgIpc) is 2.92. The first-order valence-corrected chi connectivity index (χ1v) is 8.17. The Bertz CT molecular complexity index is 934. The smallest absolute Gasteiger partial charge is 0.293 e. The highest BCUT2D eigenvalue weighted by Gasteiger charge is 2.43. The normalized spacial score (nSPS) is 15.8. The van der Waals surface area contributed by atoms with Gasteiger partial charge < -0.3 is 16.5 Å². The summed E-state index contributed by atoms with van der Waals surface area (Å²) in [6.07, 6.45) is 0. The number of anilines is 2. The first kappa shape index (κ1) is 20.4. The van der Waals surface area contributed by atoms with Gasteiger partial charge in [0.25, 0.3) is 11.8 Å². The number of hydrogen-bond acceptors (Lipinski definition) is 5. The zero-order chi connectivity index (χ0) is 18.8. The van der Waals surface area contributed by atoms with Crippen LogP contribution in [-0.4, -0.2) is 28.9 Å². The van der Waals surface area contributed by atoms with E-state index in [1.54, 1.807) is 30.3 Å². The van der Waals surface area contributed by atoms with E-state index in [0.29, 0.717) is 10.7 Å². The third kappa shape index (κ3) is 4.08. The fourth-order valence-electron chi connectivity index (χ4n) is 2.38. The van der Waals surface area contributed by atoms with Crippen molar-refractivity contribution in [1.29, 1.82) is 0 Å². The minimum atomic E-state index is -1.48. The molecule has 1 aliphatic heterocycles. The molecule has 0 radical (unpaired) electrons. The molecule has 1 unspecified atom stereocenters. The zero-order valence-corrected chi connectivity index (χ0v) is 15.2. The summed E-state index contributed by atoms with van der Waals surface area (Å²) in [5.41, 5.74) is 6.35. The number of Topliss-reactive ketones (excluding diaryl/α,β-unsaturated/α-hetero) is 1. The highest BCUT2D eigenvalue weighted by atomic mass is 35.5. The second-order valence-electron chi connectivity index (χ2n) is 5.39. The number of amidine groups is 1. The van der Waals surface area contributed by atoms with Crippen LogP contribution in [-0.2, 0) is 14.4 Å². The van der Waals surface area contributed by atoms with Crippen molar-refractivity contribution in [3.05, 3.63) is 58.6 Å². The number of nitrogens with one attached hydrogen (secondary N) is 1. The topological polar surface area (TPSA) is 136 Å². The number of hydrazone groups is 1. The van der Waals surface area contributed by atoms with Crippen molar-refractivity contribution >= 4 is 58.0 Å². The van der Waals surface area contributed by atoms with Crippen molar-refractivity contribution in [2.24, 2.45) is 16.8 Å². The first-order chi connectivity index (χ1) is 12.4. The molecule has 5 N–H and O–H groups in total. The number of carbonyl (C=O) groups is 3. The maximum absolute atomic E-state index is 12.5. The molecular weight excluding hydrogens is 395 g/mol. The van der Waals surface area contributed by atoms with E-state index in [1.165, 1.54) is 18.2 Å². The summed E-state index contributed by atoms with van der Waals surface area (Å²) < 4.78 is 0. The van der Waals surface area contributed by atoms with Crippen molar-refractivity contribution in [3.8, 4) is 0 Å². The summed E-state index contributed by atoms with van der Waals surface area (Å²) in [5.74, 6) is -4.49. The molecule has 1 heterocycles. The Hall–Kier alpha value is -2.94. The lowest BCUT2D eigenvalue weighted by Gasteiger charge is -2.13. The Morgan fingerprint density at radius 2 is 1.78 bits per heavy atom. The molecule has 0 bridgehead atoms. The summed E-state index contributed by atoms with van der Waals surface area (Å²) in [7, 11) is 0. The van der Waals surface area contributed by atoms with E-state index < -0.39 is 23.5 Å². The highest BCUT2D eigenvalue weighted by Crippen LogP contribution is 2.26. The molecular formula is C17H14Cl2N4O4. The lowest BCUT2D eigenvalue weighted by atomic mass is 10.0. The Morgan fingerprint density at radius 3 is 2.41 bits per heavy atom. The molecule has 140 valence electrons. The van der Waals surface area contributed by atoms with Crippen LogP contribution < -0.4 is 16.1 Å². The third-order valence-corrected chi connectivity index (χ3v) is 4.18. The molecule has 2 aromatic carbocycles. The minimum absolute atomic E-state index is 0. The van der Waals surface area contributed by atoms with Gasteiger partial charge >= 0.3 is 0 Å². The fourth-order valence-corrected chi connectivity index (χ4v) is 2.83. The number of nitrogens with zero attached hydrogens (tertiary/aromatic N) is 2. The number of rotatable bonds is 4. The monoisotopic (exact) mass is 408 g/mol. The summed E-state index contributed by atoms with van der Waals surface area (Å²) in [4.78, 5) is 37.2. The quantitative estimate of drug-likeness (QED) is 0.586. The Kier molecular flexibility index (Phi) is 6.17. The molecule has 0 saturated carbocycles.